The molecule has 2 aromatic rings. The fraction of sp³-hybridized carbons (Fsp3) is 0.537. The number of nitrogens with zero attached hydrogens (tertiary/aromatic N) is 1. The Labute approximate surface area is 295 Å². The molecule has 7 rings (SSSR count). The number of fused-ring (bicyclic) bond motifs is 5. The van der Waals surface area contributed by atoms with Crippen molar-refractivity contribution in [3.05, 3.63) is 59.7 Å². The van der Waals surface area contributed by atoms with Crippen LogP contribution in [0.25, 0.3) is 11.1 Å². The Morgan fingerprint density at radius 1 is 0.600 bits per heavy atom. The molecular formula is C41H47N3O6. The molecule has 0 aliphatic heterocycles. The Morgan fingerprint density at radius 3 is 1.46 bits per heavy atom. The Kier molecular flexibility index (Phi) is 10.8. The first-order valence-corrected chi connectivity index (χ1v) is 18.4. The second-order valence-electron chi connectivity index (χ2n) is 14.2. The van der Waals surface area contributed by atoms with E-state index in [2.05, 4.69) is 58.6 Å². The zero-order valence-corrected chi connectivity index (χ0v) is 28.7. The van der Waals surface area contributed by atoms with Gasteiger partial charge in [-0.25, -0.2) is 14.4 Å². The summed E-state index contributed by atoms with van der Waals surface area (Å²) in [7, 11) is 0. The van der Waals surface area contributed by atoms with E-state index < -0.39 is 18.3 Å². The lowest BCUT2D eigenvalue weighted by molar-refractivity contribution is 0.0973. The molecule has 0 heterocycles. The predicted molar refractivity (Wildman–Crippen MR) is 189 cm³/mol. The molecule has 9 nitrogen and oxygen atoms in total. The molecule has 2 saturated carbocycles. The molecule has 2 fully saturated rings. The average Bonchev–Trinajstić information content (AvgIpc) is 3.93. The van der Waals surface area contributed by atoms with Crippen LogP contribution in [0.4, 0.5) is 14.4 Å². The van der Waals surface area contributed by atoms with Gasteiger partial charge in [0.25, 0.3) is 0 Å². The van der Waals surface area contributed by atoms with Crippen molar-refractivity contribution in [3.8, 4) is 34.8 Å². The summed E-state index contributed by atoms with van der Waals surface area (Å²) in [6.45, 7) is 1.75. The van der Waals surface area contributed by atoms with Crippen LogP contribution in [0, 0.1) is 59.2 Å². The summed E-state index contributed by atoms with van der Waals surface area (Å²) in [6.07, 6.45) is 6.45. The molecule has 9 heteroatoms. The van der Waals surface area contributed by atoms with Crippen LogP contribution in [0.2, 0.25) is 0 Å². The summed E-state index contributed by atoms with van der Waals surface area (Å²) in [5, 5.41) is 5.59. The van der Waals surface area contributed by atoms with Gasteiger partial charge >= 0.3 is 18.3 Å². The number of carbonyl (C=O) groups excluding carboxylic acids is 3. The Balaban J connectivity index is 0.892. The fourth-order valence-electron chi connectivity index (χ4n) is 8.58. The molecule has 5 aliphatic carbocycles. The lowest BCUT2D eigenvalue weighted by Crippen LogP contribution is -2.43. The van der Waals surface area contributed by atoms with Crippen LogP contribution in [0.15, 0.2) is 48.5 Å². The second-order valence-corrected chi connectivity index (χ2v) is 14.2. The average molecular weight is 678 g/mol. The van der Waals surface area contributed by atoms with Crippen molar-refractivity contribution in [2.75, 3.05) is 46.0 Å². The summed E-state index contributed by atoms with van der Waals surface area (Å²) in [5.74, 6) is 16.0. The van der Waals surface area contributed by atoms with E-state index in [1.54, 1.807) is 0 Å². The van der Waals surface area contributed by atoms with Crippen molar-refractivity contribution >= 4 is 18.3 Å². The van der Waals surface area contributed by atoms with Gasteiger partial charge in [-0.05, 0) is 83.4 Å². The molecule has 0 spiro atoms. The number of rotatable bonds is 12. The Bertz CT molecular complexity index is 1540. The molecule has 0 aromatic heterocycles. The van der Waals surface area contributed by atoms with Crippen molar-refractivity contribution in [2.24, 2.45) is 35.5 Å². The van der Waals surface area contributed by atoms with Crippen LogP contribution in [-0.4, -0.2) is 69.2 Å². The summed E-state index contributed by atoms with van der Waals surface area (Å²) < 4.78 is 17.1. The summed E-state index contributed by atoms with van der Waals surface area (Å²) in [4.78, 5) is 40.2. The van der Waals surface area contributed by atoms with Gasteiger partial charge in [-0.2, -0.15) is 0 Å². The molecule has 0 saturated heterocycles. The molecule has 262 valence electrons. The van der Waals surface area contributed by atoms with Crippen LogP contribution >= 0.6 is 0 Å². The van der Waals surface area contributed by atoms with E-state index in [0.29, 0.717) is 48.7 Å². The molecule has 5 aliphatic rings. The molecule has 2 N–H and O–H groups in total. The minimum atomic E-state index is -0.509. The summed E-state index contributed by atoms with van der Waals surface area (Å²) in [5.41, 5.74) is 4.57. The summed E-state index contributed by atoms with van der Waals surface area (Å²) >= 11 is 0. The van der Waals surface area contributed by atoms with Gasteiger partial charge in [0.05, 0.1) is 13.2 Å². The third kappa shape index (κ3) is 8.05. The first-order chi connectivity index (χ1) is 24.6. The van der Waals surface area contributed by atoms with Gasteiger partial charge in [-0.1, -0.05) is 48.5 Å². The maximum absolute atomic E-state index is 13.5. The number of alkyl carbamates (subject to hydrolysis) is 2. The second kappa shape index (κ2) is 15.9. The SMILES string of the molecule is O=C(NCCN(CCNC(=O)OC[C@@H]1[C@@H]2CCC#CCC[C@@H]21)C(=O)OCC1c2ccccc2-c2ccccc21)OC[C@@H]1[C@@H]2CCC#CCC[C@@H]21. The van der Waals surface area contributed by atoms with Crippen molar-refractivity contribution < 1.29 is 28.6 Å². The number of amides is 3. The largest absolute Gasteiger partial charge is 0.449 e. The van der Waals surface area contributed by atoms with E-state index in [9.17, 15) is 14.4 Å². The zero-order valence-electron chi connectivity index (χ0n) is 28.7. The van der Waals surface area contributed by atoms with Gasteiger partial charge < -0.3 is 29.7 Å². The number of benzene rings is 2. The van der Waals surface area contributed by atoms with Gasteiger partial charge in [0.1, 0.15) is 6.61 Å². The lowest BCUT2D eigenvalue weighted by atomic mass is 9.98. The molecule has 0 unspecified atom stereocenters. The summed E-state index contributed by atoms with van der Waals surface area (Å²) in [6, 6.07) is 16.4. The standard InChI is InChI=1S/C41H47N3O6/c45-39(48-25-36-32-13-5-1-2-6-14-33(32)36)42-21-23-44(24-22-43-40(46)49-26-37-34-15-7-3-4-8-16-35(34)37)41(47)50-27-38-30-19-11-9-17-28(30)29-18-10-12-20-31(29)38/h9-12,17-20,32-38H,5-8,13-16,21-27H2,(H,42,45)(H,43,46)/t32-,33+,34-,35+,36-,37-. The lowest BCUT2D eigenvalue weighted by Gasteiger charge is -2.24. The maximum Gasteiger partial charge on any atom is 0.409 e. The quantitative estimate of drug-likeness (QED) is 0.195. The van der Waals surface area contributed by atoms with E-state index in [0.717, 1.165) is 73.6 Å². The zero-order chi connectivity index (χ0) is 34.3. The monoisotopic (exact) mass is 677 g/mol. The topological polar surface area (TPSA) is 106 Å². The molecule has 0 radical (unpaired) electrons. The third-order valence-corrected chi connectivity index (χ3v) is 11.4. The van der Waals surface area contributed by atoms with Crippen molar-refractivity contribution in [1.29, 1.82) is 0 Å². The first kappa shape index (κ1) is 33.8. The molecule has 2 aromatic carbocycles. The molecule has 0 bridgehead atoms. The first-order valence-electron chi connectivity index (χ1n) is 18.4. The highest BCUT2D eigenvalue weighted by atomic mass is 16.6. The van der Waals surface area contributed by atoms with Gasteiger partial charge in [0.15, 0.2) is 0 Å². The Hall–Kier alpha value is -4.63. The normalized spacial score (nSPS) is 25.3. The van der Waals surface area contributed by atoms with Crippen LogP contribution in [0.1, 0.15) is 68.4 Å². The van der Waals surface area contributed by atoms with E-state index in [1.807, 2.05) is 24.3 Å². The Morgan fingerprint density at radius 2 is 1.02 bits per heavy atom. The smallest absolute Gasteiger partial charge is 0.409 e. The van der Waals surface area contributed by atoms with Crippen molar-refractivity contribution in [2.45, 2.75) is 57.3 Å². The van der Waals surface area contributed by atoms with Crippen LogP contribution < -0.4 is 10.6 Å². The minimum absolute atomic E-state index is 0.0769. The van der Waals surface area contributed by atoms with Gasteiger partial charge in [-0.3, -0.25) is 0 Å². The van der Waals surface area contributed by atoms with Gasteiger partial charge in [-0.15, -0.1) is 23.7 Å². The van der Waals surface area contributed by atoms with Crippen LogP contribution in [-0.2, 0) is 14.2 Å². The number of carbonyl (C=O) groups is 3. The van der Waals surface area contributed by atoms with Crippen molar-refractivity contribution in [3.63, 3.8) is 0 Å². The highest BCUT2D eigenvalue weighted by Gasteiger charge is 2.50. The molecule has 3 amide bonds. The minimum Gasteiger partial charge on any atom is -0.449 e. The van der Waals surface area contributed by atoms with Crippen molar-refractivity contribution in [1.82, 2.24) is 15.5 Å². The molecule has 6 atom stereocenters. The van der Waals surface area contributed by atoms with Gasteiger partial charge in [0, 0.05) is 57.8 Å². The van der Waals surface area contributed by atoms with E-state index in [4.69, 9.17) is 14.2 Å². The van der Waals surface area contributed by atoms with E-state index >= 15 is 0 Å². The predicted octanol–water partition coefficient (Wildman–Crippen LogP) is 6.57. The number of ether oxygens (including phenoxy) is 3. The van der Waals surface area contributed by atoms with Gasteiger partial charge in [0.2, 0.25) is 0 Å². The van der Waals surface area contributed by atoms with E-state index in [-0.39, 0.29) is 38.7 Å². The van der Waals surface area contributed by atoms with Crippen LogP contribution in [0.3, 0.4) is 0 Å². The van der Waals surface area contributed by atoms with E-state index in [1.165, 1.54) is 4.90 Å². The number of hydrogen-bond donors (Lipinski definition) is 2. The highest BCUT2D eigenvalue weighted by molar-refractivity contribution is 5.79. The fourth-order valence-corrected chi connectivity index (χ4v) is 8.58. The number of nitrogens with one attached hydrogen (secondary N) is 2. The molecule has 50 heavy (non-hydrogen) atoms. The highest BCUT2D eigenvalue weighted by Crippen LogP contribution is 2.53. The maximum atomic E-state index is 13.5. The molecular weight excluding hydrogens is 630 g/mol. The van der Waals surface area contributed by atoms with Crippen LogP contribution in [0.5, 0.6) is 0 Å². The third-order valence-electron chi connectivity index (χ3n) is 11.4. The number of hydrogen-bond acceptors (Lipinski definition) is 6.